The van der Waals surface area contributed by atoms with Crippen LogP contribution in [0.4, 0.5) is 14.7 Å². The summed E-state index contributed by atoms with van der Waals surface area (Å²) >= 11 is 0. The molecule has 2 N–H and O–H groups in total. The van der Waals surface area contributed by atoms with Crippen LogP contribution < -0.4 is 10.5 Å². The van der Waals surface area contributed by atoms with Crippen LogP contribution in [-0.4, -0.2) is 12.3 Å². The second-order valence-corrected chi connectivity index (χ2v) is 3.07. The van der Waals surface area contributed by atoms with Crippen LogP contribution in [0.5, 0.6) is 5.75 Å². The second kappa shape index (κ2) is 3.80. The van der Waals surface area contributed by atoms with E-state index in [-0.39, 0.29) is 22.8 Å². The Balaban J connectivity index is 2.69. The summed E-state index contributed by atoms with van der Waals surface area (Å²) in [5.41, 5.74) is 5.72. The van der Waals surface area contributed by atoms with Crippen LogP contribution in [0.15, 0.2) is 22.9 Å². The van der Waals surface area contributed by atoms with E-state index < -0.39 is 11.6 Å². The molecular weight excluding hydrogens is 218 g/mol. The van der Waals surface area contributed by atoms with E-state index in [0.29, 0.717) is 0 Å². The third-order valence-electron chi connectivity index (χ3n) is 2.11. The molecule has 0 fully saturated rings. The first-order chi connectivity index (χ1) is 7.63. The average Bonchev–Trinajstić information content (AvgIpc) is 2.63. The van der Waals surface area contributed by atoms with Gasteiger partial charge in [-0.1, -0.05) is 5.16 Å². The number of halogens is 2. The molecule has 0 radical (unpaired) electrons. The summed E-state index contributed by atoms with van der Waals surface area (Å²) in [5.74, 6) is -1.53. The lowest BCUT2D eigenvalue weighted by Crippen LogP contribution is -1.95. The number of benzene rings is 1. The SMILES string of the molecule is COc1cc(F)cc(F)c1-c1cnoc1N. The molecule has 4 nitrogen and oxygen atoms in total. The van der Waals surface area contributed by atoms with E-state index >= 15 is 0 Å². The van der Waals surface area contributed by atoms with Crippen molar-refractivity contribution in [2.24, 2.45) is 0 Å². The molecule has 6 heteroatoms. The smallest absolute Gasteiger partial charge is 0.230 e. The quantitative estimate of drug-likeness (QED) is 0.852. The van der Waals surface area contributed by atoms with Crippen molar-refractivity contribution < 1.29 is 18.0 Å². The summed E-state index contributed by atoms with van der Waals surface area (Å²) in [4.78, 5) is 0. The lowest BCUT2D eigenvalue weighted by atomic mass is 10.1. The minimum atomic E-state index is -0.785. The Kier molecular flexibility index (Phi) is 2.47. The largest absolute Gasteiger partial charge is 0.496 e. The van der Waals surface area contributed by atoms with Crippen molar-refractivity contribution in [3.05, 3.63) is 30.0 Å². The predicted octanol–water partition coefficient (Wildman–Crippen LogP) is 2.21. The monoisotopic (exact) mass is 226 g/mol. The van der Waals surface area contributed by atoms with Gasteiger partial charge in [0, 0.05) is 12.1 Å². The summed E-state index contributed by atoms with van der Waals surface area (Å²) in [6.45, 7) is 0. The predicted molar refractivity (Wildman–Crippen MR) is 52.8 cm³/mol. The summed E-state index contributed by atoms with van der Waals surface area (Å²) in [6.07, 6.45) is 1.24. The third kappa shape index (κ3) is 1.58. The molecule has 16 heavy (non-hydrogen) atoms. The van der Waals surface area contributed by atoms with Gasteiger partial charge >= 0.3 is 0 Å². The lowest BCUT2D eigenvalue weighted by molar-refractivity contribution is 0.409. The maximum atomic E-state index is 13.6. The third-order valence-corrected chi connectivity index (χ3v) is 2.11. The Morgan fingerprint density at radius 2 is 2.12 bits per heavy atom. The number of ether oxygens (including phenoxy) is 1. The second-order valence-electron chi connectivity index (χ2n) is 3.07. The van der Waals surface area contributed by atoms with Crippen molar-refractivity contribution in [2.45, 2.75) is 0 Å². The summed E-state index contributed by atoms with van der Waals surface area (Å²) in [7, 11) is 1.31. The van der Waals surface area contributed by atoms with E-state index in [4.69, 9.17) is 10.5 Å². The number of nitrogens with two attached hydrogens (primary N) is 1. The molecule has 0 bridgehead atoms. The number of rotatable bonds is 2. The first kappa shape index (κ1) is 10.4. The van der Waals surface area contributed by atoms with Gasteiger partial charge in [-0.3, -0.25) is 0 Å². The van der Waals surface area contributed by atoms with E-state index in [9.17, 15) is 8.78 Å². The molecule has 0 unspecified atom stereocenters. The van der Waals surface area contributed by atoms with Crippen molar-refractivity contribution in [2.75, 3.05) is 12.8 Å². The molecule has 0 amide bonds. The van der Waals surface area contributed by atoms with E-state index in [1.165, 1.54) is 13.3 Å². The molecule has 0 aliphatic heterocycles. The highest BCUT2D eigenvalue weighted by molar-refractivity contribution is 5.77. The number of nitrogen functional groups attached to an aromatic ring is 1. The van der Waals surface area contributed by atoms with Crippen LogP contribution in [-0.2, 0) is 0 Å². The standard InChI is InChI=1S/C10H8F2N2O2/c1-15-8-3-5(11)2-7(12)9(8)6-4-14-16-10(6)13/h2-4H,13H2,1H3. The zero-order valence-electron chi connectivity index (χ0n) is 8.33. The van der Waals surface area contributed by atoms with Gasteiger partial charge in [-0.2, -0.15) is 0 Å². The Morgan fingerprint density at radius 3 is 2.69 bits per heavy atom. The van der Waals surface area contributed by atoms with Gasteiger partial charge in [0.2, 0.25) is 5.88 Å². The number of anilines is 1. The number of aromatic nitrogens is 1. The molecule has 0 aliphatic rings. The molecule has 1 aromatic carbocycles. The van der Waals surface area contributed by atoms with Crippen molar-refractivity contribution in [3.63, 3.8) is 0 Å². The average molecular weight is 226 g/mol. The van der Waals surface area contributed by atoms with Gasteiger partial charge in [0.05, 0.1) is 24.4 Å². The number of methoxy groups -OCH3 is 1. The highest BCUT2D eigenvalue weighted by Gasteiger charge is 2.18. The van der Waals surface area contributed by atoms with Crippen LogP contribution in [0.1, 0.15) is 0 Å². The minimum absolute atomic E-state index is 0.0302. The van der Waals surface area contributed by atoms with Gasteiger partial charge < -0.3 is 15.0 Å². The van der Waals surface area contributed by atoms with Crippen molar-refractivity contribution in [1.82, 2.24) is 5.16 Å². The maximum Gasteiger partial charge on any atom is 0.230 e. The normalized spacial score (nSPS) is 10.4. The first-order valence-corrected chi connectivity index (χ1v) is 4.37. The summed E-state index contributed by atoms with van der Waals surface area (Å²) in [6, 6.07) is 1.80. The fourth-order valence-electron chi connectivity index (χ4n) is 1.41. The Bertz CT molecular complexity index is 526. The molecule has 0 aliphatic carbocycles. The van der Waals surface area contributed by atoms with Crippen LogP contribution in [0.25, 0.3) is 11.1 Å². The number of nitrogens with zero attached hydrogens (tertiary/aromatic N) is 1. The molecule has 84 valence electrons. The van der Waals surface area contributed by atoms with Crippen molar-refractivity contribution in [3.8, 4) is 16.9 Å². The fraction of sp³-hybridized carbons (Fsp3) is 0.100. The molecule has 1 heterocycles. The zero-order valence-corrected chi connectivity index (χ0v) is 8.33. The Hall–Kier alpha value is -2.11. The topological polar surface area (TPSA) is 61.3 Å². The molecule has 1 aromatic heterocycles. The molecule has 0 saturated carbocycles. The van der Waals surface area contributed by atoms with Crippen LogP contribution in [0.3, 0.4) is 0 Å². The highest BCUT2D eigenvalue weighted by atomic mass is 19.1. The zero-order chi connectivity index (χ0) is 11.7. The molecule has 2 rings (SSSR count). The maximum absolute atomic E-state index is 13.6. The van der Waals surface area contributed by atoms with E-state index in [1.807, 2.05) is 0 Å². The van der Waals surface area contributed by atoms with E-state index in [2.05, 4.69) is 9.68 Å². The van der Waals surface area contributed by atoms with Crippen molar-refractivity contribution in [1.29, 1.82) is 0 Å². The highest BCUT2D eigenvalue weighted by Crippen LogP contribution is 2.36. The van der Waals surface area contributed by atoms with E-state index in [1.54, 1.807) is 0 Å². The van der Waals surface area contributed by atoms with Gasteiger partial charge in [0.25, 0.3) is 0 Å². The van der Waals surface area contributed by atoms with Gasteiger partial charge in [0.1, 0.15) is 17.4 Å². The Morgan fingerprint density at radius 1 is 1.38 bits per heavy atom. The van der Waals surface area contributed by atoms with Crippen LogP contribution in [0, 0.1) is 11.6 Å². The van der Waals surface area contributed by atoms with Gasteiger partial charge in [0.15, 0.2) is 0 Å². The van der Waals surface area contributed by atoms with Gasteiger partial charge in [-0.05, 0) is 0 Å². The van der Waals surface area contributed by atoms with Crippen LogP contribution >= 0.6 is 0 Å². The van der Waals surface area contributed by atoms with Crippen LogP contribution in [0.2, 0.25) is 0 Å². The number of hydrogen-bond donors (Lipinski definition) is 1. The molecule has 0 atom stereocenters. The molecule has 2 aromatic rings. The Labute approximate surface area is 89.6 Å². The first-order valence-electron chi connectivity index (χ1n) is 4.37. The van der Waals surface area contributed by atoms with Gasteiger partial charge in [-0.15, -0.1) is 0 Å². The minimum Gasteiger partial charge on any atom is -0.496 e. The fourth-order valence-corrected chi connectivity index (χ4v) is 1.41. The molecular formula is C10H8F2N2O2. The molecule has 0 saturated heterocycles. The molecule has 0 spiro atoms. The summed E-state index contributed by atoms with van der Waals surface area (Å²) in [5, 5.41) is 3.42. The van der Waals surface area contributed by atoms with Gasteiger partial charge in [-0.25, -0.2) is 8.78 Å². The van der Waals surface area contributed by atoms with Crippen molar-refractivity contribution >= 4 is 5.88 Å². The summed E-state index contributed by atoms with van der Waals surface area (Å²) < 4.78 is 36.0. The lowest BCUT2D eigenvalue weighted by Gasteiger charge is -2.08. The van der Waals surface area contributed by atoms with E-state index in [0.717, 1.165) is 12.1 Å². The number of hydrogen-bond acceptors (Lipinski definition) is 4.